The average Bonchev–Trinajstić information content (AvgIpc) is 3.34. The fourth-order valence-electron chi connectivity index (χ4n) is 2.96. The van der Waals surface area contributed by atoms with Crippen LogP contribution in [0.2, 0.25) is 0 Å². The van der Waals surface area contributed by atoms with E-state index >= 15 is 0 Å². The van der Waals surface area contributed by atoms with E-state index in [1.807, 2.05) is 24.3 Å². The van der Waals surface area contributed by atoms with Crippen molar-refractivity contribution in [2.45, 2.75) is 6.54 Å². The van der Waals surface area contributed by atoms with E-state index in [0.29, 0.717) is 23.0 Å². The van der Waals surface area contributed by atoms with Gasteiger partial charge in [0.05, 0.1) is 7.11 Å². The van der Waals surface area contributed by atoms with Crippen LogP contribution in [0.1, 0.15) is 5.56 Å². The maximum atomic E-state index is 13.6. The number of rotatable bonds is 8. The number of aromatic nitrogens is 2. The molecule has 7 nitrogen and oxygen atoms in total. The van der Waals surface area contributed by atoms with Gasteiger partial charge in [0.15, 0.2) is 6.61 Å². The third-order valence-corrected chi connectivity index (χ3v) is 4.73. The molecule has 1 aromatic heterocycles. The Bertz CT molecular complexity index is 1240. The molecule has 0 unspecified atom stereocenters. The van der Waals surface area contributed by atoms with E-state index < -0.39 is 17.5 Å². The first-order valence-electron chi connectivity index (χ1n) is 9.94. The Morgan fingerprint density at radius 1 is 0.970 bits per heavy atom. The molecule has 33 heavy (non-hydrogen) atoms. The Morgan fingerprint density at radius 2 is 1.67 bits per heavy atom. The van der Waals surface area contributed by atoms with E-state index in [9.17, 15) is 13.6 Å². The van der Waals surface area contributed by atoms with Crippen LogP contribution in [-0.4, -0.2) is 29.8 Å². The molecule has 0 atom stereocenters. The van der Waals surface area contributed by atoms with Crippen molar-refractivity contribution in [3.05, 3.63) is 83.9 Å². The highest BCUT2D eigenvalue weighted by molar-refractivity contribution is 5.77. The number of benzene rings is 3. The molecule has 0 radical (unpaired) electrons. The van der Waals surface area contributed by atoms with Gasteiger partial charge in [-0.25, -0.2) is 8.78 Å². The molecule has 0 aliphatic heterocycles. The molecule has 0 saturated heterocycles. The lowest BCUT2D eigenvalue weighted by atomic mass is 10.2. The lowest BCUT2D eigenvalue weighted by molar-refractivity contribution is -0.123. The summed E-state index contributed by atoms with van der Waals surface area (Å²) in [6, 6.07) is 17.1. The first kappa shape index (κ1) is 21.9. The van der Waals surface area contributed by atoms with E-state index in [1.165, 1.54) is 0 Å². The summed E-state index contributed by atoms with van der Waals surface area (Å²) in [5.41, 5.74) is 1.52. The zero-order chi connectivity index (χ0) is 23.2. The van der Waals surface area contributed by atoms with Crippen LogP contribution in [-0.2, 0) is 11.3 Å². The van der Waals surface area contributed by atoms with Crippen molar-refractivity contribution in [1.29, 1.82) is 0 Å². The molecule has 0 aliphatic rings. The number of nitrogens with one attached hydrogen (secondary N) is 1. The summed E-state index contributed by atoms with van der Waals surface area (Å²) in [4.78, 5) is 16.4. The molecule has 0 bridgehead atoms. The molecule has 168 valence electrons. The van der Waals surface area contributed by atoms with Gasteiger partial charge in [-0.3, -0.25) is 4.79 Å². The number of nitrogens with zero attached hydrogens (tertiary/aromatic N) is 2. The highest BCUT2D eigenvalue weighted by Gasteiger charge is 2.12. The highest BCUT2D eigenvalue weighted by atomic mass is 19.1. The standard InChI is InChI=1S/C24H19F2N3O4/c1-31-19-7-2-15(3-8-19)23-28-24(33-29-23)16-4-9-20(10-5-16)32-14-22(30)27-13-17-12-18(25)6-11-21(17)26/h2-12H,13-14H2,1H3,(H,27,30). The first-order chi connectivity index (χ1) is 16.0. The number of amides is 1. The van der Waals surface area contributed by atoms with Gasteiger partial charge in [-0.2, -0.15) is 4.98 Å². The van der Waals surface area contributed by atoms with Gasteiger partial charge in [0, 0.05) is 23.2 Å². The fraction of sp³-hybridized carbons (Fsp3) is 0.125. The molecule has 1 N–H and O–H groups in total. The highest BCUT2D eigenvalue weighted by Crippen LogP contribution is 2.25. The number of hydrogen-bond donors (Lipinski definition) is 1. The van der Waals surface area contributed by atoms with E-state index in [4.69, 9.17) is 14.0 Å². The van der Waals surface area contributed by atoms with Crippen molar-refractivity contribution >= 4 is 5.91 Å². The van der Waals surface area contributed by atoms with Crippen molar-refractivity contribution < 1.29 is 27.6 Å². The summed E-state index contributed by atoms with van der Waals surface area (Å²) < 4.78 is 42.7. The minimum absolute atomic E-state index is 0.0567. The Hall–Kier alpha value is -4.27. The molecule has 3 aromatic carbocycles. The second kappa shape index (κ2) is 9.90. The largest absolute Gasteiger partial charge is 0.497 e. The van der Waals surface area contributed by atoms with Crippen LogP contribution in [0.15, 0.2) is 71.3 Å². The Morgan fingerprint density at radius 3 is 2.39 bits per heavy atom. The maximum absolute atomic E-state index is 13.6. The quantitative estimate of drug-likeness (QED) is 0.428. The summed E-state index contributed by atoms with van der Waals surface area (Å²) in [6.45, 7) is -0.420. The minimum atomic E-state index is -0.593. The third-order valence-electron chi connectivity index (χ3n) is 4.73. The van der Waals surface area contributed by atoms with Gasteiger partial charge in [0.2, 0.25) is 5.82 Å². The predicted octanol–water partition coefficient (Wildman–Crippen LogP) is 4.39. The van der Waals surface area contributed by atoms with Gasteiger partial charge in [-0.15, -0.1) is 0 Å². The first-order valence-corrected chi connectivity index (χ1v) is 9.94. The molecule has 1 amide bonds. The monoisotopic (exact) mass is 451 g/mol. The SMILES string of the molecule is COc1ccc(-c2noc(-c3ccc(OCC(=O)NCc4cc(F)ccc4F)cc3)n2)cc1. The van der Waals surface area contributed by atoms with Crippen LogP contribution in [0.4, 0.5) is 8.78 Å². The molecule has 0 aliphatic carbocycles. The third kappa shape index (κ3) is 5.51. The number of methoxy groups -OCH3 is 1. The van der Waals surface area contributed by atoms with Crippen LogP contribution in [0.3, 0.4) is 0 Å². The summed E-state index contributed by atoms with van der Waals surface area (Å²) >= 11 is 0. The summed E-state index contributed by atoms with van der Waals surface area (Å²) in [6.07, 6.45) is 0. The molecule has 1 heterocycles. The molecular formula is C24H19F2N3O4. The van der Waals surface area contributed by atoms with E-state index in [-0.39, 0.29) is 18.7 Å². The molecular weight excluding hydrogens is 432 g/mol. The molecule has 4 rings (SSSR count). The van der Waals surface area contributed by atoms with Crippen LogP contribution in [0.5, 0.6) is 11.5 Å². The average molecular weight is 451 g/mol. The Balaban J connectivity index is 1.31. The Kier molecular flexibility index (Phi) is 6.58. The zero-order valence-corrected chi connectivity index (χ0v) is 17.5. The number of hydrogen-bond acceptors (Lipinski definition) is 6. The van der Waals surface area contributed by atoms with Crippen molar-refractivity contribution in [3.63, 3.8) is 0 Å². The number of carbonyl (C=O) groups excluding carboxylic acids is 1. The van der Waals surface area contributed by atoms with Gasteiger partial charge < -0.3 is 19.3 Å². The lowest BCUT2D eigenvalue weighted by Crippen LogP contribution is -2.28. The van der Waals surface area contributed by atoms with E-state index in [1.54, 1.807) is 31.4 Å². The van der Waals surface area contributed by atoms with Crippen molar-refractivity contribution in [2.75, 3.05) is 13.7 Å². The summed E-state index contributed by atoms with van der Waals surface area (Å²) in [7, 11) is 1.59. The zero-order valence-electron chi connectivity index (χ0n) is 17.5. The summed E-state index contributed by atoms with van der Waals surface area (Å²) in [5, 5.41) is 6.48. The maximum Gasteiger partial charge on any atom is 0.258 e. The predicted molar refractivity (Wildman–Crippen MR) is 115 cm³/mol. The molecule has 4 aromatic rings. The number of ether oxygens (including phenoxy) is 2. The Labute approximate surface area is 188 Å². The van der Waals surface area contributed by atoms with Crippen LogP contribution in [0.25, 0.3) is 22.8 Å². The van der Waals surface area contributed by atoms with Crippen molar-refractivity contribution in [2.24, 2.45) is 0 Å². The molecule has 0 fully saturated rings. The van der Waals surface area contributed by atoms with Gasteiger partial charge in [-0.1, -0.05) is 5.16 Å². The summed E-state index contributed by atoms with van der Waals surface area (Å²) in [5.74, 6) is 0.317. The smallest absolute Gasteiger partial charge is 0.258 e. The van der Waals surface area contributed by atoms with Crippen molar-refractivity contribution in [3.8, 4) is 34.3 Å². The van der Waals surface area contributed by atoms with Crippen LogP contribution < -0.4 is 14.8 Å². The van der Waals surface area contributed by atoms with Gasteiger partial charge in [0.1, 0.15) is 23.1 Å². The van der Waals surface area contributed by atoms with Crippen LogP contribution >= 0.6 is 0 Å². The van der Waals surface area contributed by atoms with Gasteiger partial charge in [-0.05, 0) is 66.7 Å². The van der Waals surface area contributed by atoms with Crippen LogP contribution in [0, 0.1) is 11.6 Å². The molecule has 0 saturated carbocycles. The number of carbonyl (C=O) groups is 1. The van der Waals surface area contributed by atoms with E-state index in [2.05, 4.69) is 15.5 Å². The van der Waals surface area contributed by atoms with E-state index in [0.717, 1.165) is 29.5 Å². The normalized spacial score (nSPS) is 10.6. The second-order valence-corrected chi connectivity index (χ2v) is 6.98. The lowest BCUT2D eigenvalue weighted by Gasteiger charge is -2.08. The minimum Gasteiger partial charge on any atom is -0.497 e. The fourth-order valence-corrected chi connectivity index (χ4v) is 2.96. The second-order valence-electron chi connectivity index (χ2n) is 6.98. The number of halogens is 2. The molecule has 9 heteroatoms. The molecule has 0 spiro atoms. The van der Waals surface area contributed by atoms with Gasteiger partial charge >= 0.3 is 0 Å². The van der Waals surface area contributed by atoms with Crippen molar-refractivity contribution in [1.82, 2.24) is 15.5 Å². The van der Waals surface area contributed by atoms with Gasteiger partial charge in [0.25, 0.3) is 11.8 Å². The topological polar surface area (TPSA) is 86.5 Å².